The molecular weight excluding hydrogens is 465 g/mol. The number of carbonyl (C=O) groups excluding carboxylic acids is 2. The molecule has 1 aromatic rings. The maximum absolute atomic E-state index is 12.9. The summed E-state index contributed by atoms with van der Waals surface area (Å²) in [5.41, 5.74) is 0.192. The highest BCUT2D eigenvalue weighted by Gasteiger charge is 2.35. The standard InChI is InChI=1S/C19H27Cl2N5O4S/c1-14(22-18(27)15-4-3-5-16(20)17(15)21)19(28)24-8-12-26(13-9-24)31(29,30)25-10-6-23(2)7-11-25/h3-5,14H,6-13H2,1-2H3,(H,22,27). The molecule has 1 unspecified atom stereocenters. The minimum Gasteiger partial charge on any atom is -0.340 e. The largest absolute Gasteiger partial charge is 0.340 e. The number of nitrogens with one attached hydrogen (secondary N) is 1. The molecule has 1 N–H and O–H groups in total. The number of hydrogen-bond acceptors (Lipinski definition) is 5. The van der Waals surface area contributed by atoms with Crippen molar-refractivity contribution in [3.8, 4) is 0 Å². The van der Waals surface area contributed by atoms with E-state index in [1.54, 1.807) is 24.0 Å². The van der Waals surface area contributed by atoms with Crippen molar-refractivity contribution in [1.29, 1.82) is 0 Å². The molecule has 9 nitrogen and oxygen atoms in total. The van der Waals surface area contributed by atoms with E-state index in [9.17, 15) is 18.0 Å². The van der Waals surface area contributed by atoms with Gasteiger partial charge in [-0.2, -0.15) is 17.0 Å². The molecule has 0 aromatic heterocycles. The predicted octanol–water partition coefficient (Wildman–Crippen LogP) is 0.748. The van der Waals surface area contributed by atoms with Crippen LogP contribution < -0.4 is 5.32 Å². The summed E-state index contributed by atoms with van der Waals surface area (Å²) in [6.45, 7) is 4.90. The fraction of sp³-hybridized carbons (Fsp3) is 0.579. The van der Waals surface area contributed by atoms with Crippen molar-refractivity contribution in [2.45, 2.75) is 13.0 Å². The predicted molar refractivity (Wildman–Crippen MR) is 120 cm³/mol. The number of amides is 2. The number of nitrogens with zero attached hydrogens (tertiary/aromatic N) is 4. The Morgan fingerprint density at radius 1 is 0.968 bits per heavy atom. The van der Waals surface area contributed by atoms with Gasteiger partial charge in [0.2, 0.25) is 5.91 Å². The van der Waals surface area contributed by atoms with Crippen molar-refractivity contribution in [2.75, 3.05) is 59.4 Å². The highest BCUT2D eigenvalue weighted by molar-refractivity contribution is 7.86. The van der Waals surface area contributed by atoms with E-state index in [2.05, 4.69) is 10.2 Å². The second-order valence-electron chi connectivity index (χ2n) is 7.73. The van der Waals surface area contributed by atoms with Gasteiger partial charge in [0.15, 0.2) is 0 Å². The van der Waals surface area contributed by atoms with Crippen molar-refractivity contribution in [3.63, 3.8) is 0 Å². The first-order valence-corrected chi connectivity index (χ1v) is 12.2. The summed E-state index contributed by atoms with van der Waals surface area (Å²) in [5, 5.41) is 3.02. The number of benzene rings is 1. The molecule has 2 fully saturated rings. The third-order valence-corrected chi connectivity index (χ3v) is 8.43. The van der Waals surface area contributed by atoms with E-state index in [-0.39, 0.29) is 47.7 Å². The Hall–Kier alpha value is -1.43. The van der Waals surface area contributed by atoms with E-state index in [1.807, 2.05) is 7.05 Å². The lowest BCUT2D eigenvalue weighted by Crippen LogP contribution is -2.58. The smallest absolute Gasteiger partial charge is 0.282 e. The molecule has 0 aliphatic carbocycles. The first-order chi connectivity index (χ1) is 14.6. The number of piperazine rings is 2. The van der Waals surface area contributed by atoms with E-state index >= 15 is 0 Å². The monoisotopic (exact) mass is 491 g/mol. The topological polar surface area (TPSA) is 93.3 Å². The average Bonchev–Trinajstić information content (AvgIpc) is 2.75. The number of halogens is 2. The first-order valence-electron chi connectivity index (χ1n) is 10.1. The Bertz CT molecular complexity index is 929. The molecule has 12 heteroatoms. The molecule has 172 valence electrons. The fourth-order valence-electron chi connectivity index (χ4n) is 3.61. The molecule has 0 bridgehead atoms. The molecule has 3 rings (SSSR count). The van der Waals surface area contributed by atoms with Crippen molar-refractivity contribution >= 4 is 45.2 Å². The van der Waals surface area contributed by atoms with Crippen LogP contribution in [0.15, 0.2) is 18.2 Å². The summed E-state index contributed by atoms with van der Waals surface area (Å²) in [6.07, 6.45) is 0. The summed E-state index contributed by atoms with van der Waals surface area (Å²) in [5.74, 6) is -0.771. The van der Waals surface area contributed by atoms with Crippen LogP contribution in [0.1, 0.15) is 17.3 Å². The SMILES string of the molecule is CC(NC(=O)c1cccc(Cl)c1Cl)C(=O)N1CCN(S(=O)(=O)N2CCN(C)CC2)CC1. The van der Waals surface area contributed by atoms with E-state index in [0.29, 0.717) is 26.2 Å². The lowest BCUT2D eigenvalue weighted by Gasteiger charge is -2.39. The Labute approximate surface area is 193 Å². The third-order valence-electron chi connectivity index (χ3n) is 5.58. The van der Waals surface area contributed by atoms with Gasteiger partial charge >= 0.3 is 0 Å². The lowest BCUT2D eigenvalue weighted by molar-refractivity contribution is -0.134. The summed E-state index contributed by atoms with van der Waals surface area (Å²) in [6, 6.07) is 3.92. The van der Waals surface area contributed by atoms with Crippen molar-refractivity contribution in [1.82, 2.24) is 23.7 Å². The van der Waals surface area contributed by atoms with E-state index in [0.717, 1.165) is 0 Å². The van der Waals surface area contributed by atoms with Gasteiger partial charge in [0.25, 0.3) is 16.1 Å². The van der Waals surface area contributed by atoms with Crippen LogP contribution in [0.25, 0.3) is 0 Å². The van der Waals surface area contributed by atoms with E-state index in [4.69, 9.17) is 23.2 Å². The zero-order valence-electron chi connectivity index (χ0n) is 17.6. The third kappa shape index (κ3) is 5.50. The number of carbonyl (C=O) groups is 2. The highest BCUT2D eigenvalue weighted by atomic mass is 35.5. The first kappa shape index (κ1) is 24.2. The van der Waals surface area contributed by atoms with Crippen molar-refractivity contribution in [2.24, 2.45) is 0 Å². The van der Waals surface area contributed by atoms with Crippen molar-refractivity contribution in [3.05, 3.63) is 33.8 Å². The molecule has 2 saturated heterocycles. The van der Waals surface area contributed by atoms with Gasteiger partial charge in [-0.25, -0.2) is 0 Å². The summed E-state index contributed by atoms with van der Waals surface area (Å²) >= 11 is 12.0. The van der Waals surface area contributed by atoms with Crippen LogP contribution >= 0.6 is 23.2 Å². The van der Waals surface area contributed by atoms with Gasteiger partial charge in [0, 0.05) is 52.4 Å². The summed E-state index contributed by atoms with van der Waals surface area (Å²) < 4.78 is 28.7. The average molecular weight is 492 g/mol. The van der Waals surface area contributed by atoms with Crippen LogP contribution in [0.4, 0.5) is 0 Å². The second-order valence-corrected chi connectivity index (χ2v) is 10.4. The Morgan fingerprint density at radius 3 is 2.10 bits per heavy atom. The summed E-state index contributed by atoms with van der Waals surface area (Å²) in [4.78, 5) is 28.9. The molecule has 2 heterocycles. The van der Waals surface area contributed by atoms with Crippen LogP contribution in [0.5, 0.6) is 0 Å². The molecule has 31 heavy (non-hydrogen) atoms. The van der Waals surface area contributed by atoms with Gasteiger partial charge in [-0.15, -0.1) is 0 Å². The van der Waals surface area contributed by atoms with Gasteiger partial charge in [0.05, 0.1) is 15.6 Å². The molecule has 0 saturated carbocycles. The number of rotatable bonds is 5. The fourth-order valence-corrected chi connectivity index (χ4v) is 5.57. The zero-order chi connectivity index (χ0) is 22.8. The number of likely N-dealkylation sites (N-methyl/N-ethyl adjacent to an activating group) is 1. The Balaban J connectivity index is 1.54. The molecule has 1 aromatic carbocycles. The highest BCUT2D eigenvalue weighted by Crippen LogP contribution is 2.25. The van der Waals surface area contributed by atoms with Gasteiger partial charge in [-0.1, -0.05) is 29.3 Å². The quantitative estimate of drug-likeness (QED) is 0.655. The molecule has 2 aliphatic rings. The maximum Gasteiger partial charge on any atom is 0.282 e. The molecular formula is C19H27Cl2N5O4S. The van der Waals surface area contributed by atoms with Gasteiger partial charge < -0.3 is 15.1 Å². The van der Waals surface area contributed by atoms with E-state index in [1.165, 1.54) is 14.7 Å². The number of hydrogen-bond donors (Lipinski definition) is 1. The van der Waals surface area contributed by atoms with Crippen LogP contribution in [-0.4, -0.2) is 104 Å². The maximum atomic E-state index is 12.9. The van der Waals surface area contributed by atoms with Crippen LogP contribution in [-0.2, 0) is 15.0 Å². The van der Waals surface area contributed by atoms with Crippen LogP contribution in [0, 0.1) is 0 Å². The van der Waals surface area contributed by atoms with Crippen LogP contribution in [0.2, 0.25) is 10.0 Å². The van der Waals surface area contributed by atoms with Gasteiger partial charge in [-0.05, 0) is 26.1 Å². The molecule has 2 amide bonds. The minimum atomic E-state index is -3.54. The van der Waals surface area contributed by atoms with Gasteiger partial charge in [-0.3, -0.25) is 9.59 Å². The Kier molecular flexibility index (Phi) is 7.82. The van der Waals surface area contributed by atoms with Gasteiger partial charge in [0.1, 0.15) is 6.04 Å². The van der Waals surface area contributed by atoms with E-state index < -0.39 is 22.2 Å². The molecule has 1 atom stereocenters. The van der Waals surface area contributed by atoms with Crippen LogP contribution in [0.3, 0.4) is 0 Å². The Morgan fingerprint density at radius 2 is 1.52 bits per heavy atom. The normalized spacial score (nSPS) is 20.5. The second kappa shape index (κ2) is 10.0. The molecule has 2 aliphatic heterocycles. The lowest BCUT2D eigenvalue weighted by atomic mass is 10.2. The zero-order valence-corrected chi connectivity index (χ0v) is 19.9. The molecule has 0 radical (unpaired) electrons. The van der Waals surface area contributed by atoms with Crippen molar-refractivity contribution < 1.29 is 18.0 Å². The molecule has 0 spiro atoms. The summed E-state index contributed by atoms with van der Waals surface area (Å²) in [7, 11) is -1.57. The minimum absolute atomic E-state index is 0.129.